The number of nitrogens with one attached hydrogen (secondary N) is 1. The van der Waals surface area contributed by atoms with Crippen molar-refractivity contribution in [3.05, 3.63) is 23.5 Å². The molecule has 3 aliphatic heterocycles. The number of rotatable bonds is 5. The number of carbonyl (C=O) groups excluding carboxylic acids is 2. The first kappa shape index (κ1) is 24.1. The van der Waals surface area contributed by atoms with Crippen LogP contribution in [0.25, 0.3) is 5.65 Å². The van der Waals surface area contributed by atoms with Gasteiger partial charge in [0.2, 0.25) is 0 Å². The van der Waals surface area contributed by atoms with Gasteiger partial charge in [-0.05, 0) is 57.3 Å². The Hall–Kier alpha value is -3.28. The molecule has 3 saturated heterocycles. The van der Waals surface area contributed by atoms with Crippen LogP contribution in [-0.4, -0.2) is 73.7 Å². The number of amides is 2. The Balaban J connectivity index is 1.13. The van der Waals surface area contributed by atoms with Crippen molar-refractivity contribution >= 4 is 23.5 Å². The van der Waals surface area contributed by atoms with Crippen LogP contribution in [0.15, 0.2) is 12.3 Å². The molecule has 2 bridgehead atoms. The molecule has 37 heavy (non-hydrogen) atoms. The number of anilines is 1. The van der Waals surface area contributed by atoms with Crippen LogP contribution in [0.3, 0.4) is 0 Å². The van der Waals surface area contributed by atoms with E-state index in [1.54, 1.807) is 11.8 Å². The molecule has 3 atom stereocenters. The van der Waals surface area contributed by atoms with Gasteiger partial charge >= 0.3 is 6.09 Å². The van der Waals surface area contributed by atoms with E-state index in [4.69, 9.17) is 9.72 Å². The van der Waals surface area contributed by atoms with Crippen LogP contribution in [-0.2, 0) is 9.53 Å². The Kier molecular flexibility index (Phi) is 6.21. The molecule has 1 aliphatic carbocycles. The van der Waals surface area contributed by atoms with Crippen molar-refractivity contribution in [2.45, 2.75) is 102 Å². The van der Waals surface area contributed by atoms with Crippen molar-refractivity contribution in [1.82, 2.24) is 24.4 Å². The summed E-state index contributed by atoms with van der Waals surface area (Å²) in [5.41, 5.74) is 3.30. The topological polar surface area (TPSA) is 92.1 Å². The molecule has 6 rings (SSSR count). The highest BCUT2D eigenvalue weighted by atomic mass is 16.6. The first-order valence-electron chi connectivity index (χ1n) is 13.8. The molecule has 2 amide bonds. The average molecular weight is 505 g/mol. The number of fused-ring (bicyclic) bond motifs is 3. The third-order valence-corrected chi connectivity index (χ3v) is 8.36. The maximum Gasteiger partial charge on any atom is 0.410 e. The summed E-state index contributed by atoms with van der Waals surface area (Å²) in [6.45, 7) is 7.03. The van der Waals surface area contributed by atoms with E-state index in [2.05, 4.69) is 42.2 Å². The highest BCUT2D eigenvalue weighted by molar-refractivity contribution is 5.93. The summed E-state index contributed by atoms with van der Waals surface area (Å²) in [7, 11) is 0. The van der Waals surface area contributed by atoms with Gasteiger partial charge in [-0.1, -0.05) is 19.8 Å². The van der Waals surface area contributed by atoms with Crippen LogP contribution in [0.2, 0.25) is 0 Å². The molecule has 196 valence electrons. The maximum absolute atomic E-state index is 13.2. The van der Waals surface area contributed by atoms with Gasteiger partial charge in [-0.3, -0.25) is 4.79 Å². The van der Waals surface area contributed by atoms with Crippen LogP contribution < -0.4 is 5.32 Å². The van der Waals surface area contributed by atoms with Crippen molar-refractivity contribution in [2.75, 3.05) is 18.4 Å². The summed E-state index contributed by atoms with van der Waals surface area (Å²) in [6.07, 6.45) is 8.30. The van der Waals surface area contributed by atoms with Gasteiger partial charge in [0.25, 0.3) is 5.91 Å². The zero-order valence-electron chi connectivity index (χ0n) is 21.9. The second-order valence-electron chi connectivity index (χ2n) is 11.4. The van der Waals surface area contributed by atoms with Gasteiger partial charge in [0.05, 0.1) is 12.7 Å². The van der Waals surface area contributed by atoms with E-state index in [-0.39, 0.29) is 36.2 Å². The van der Waals surface area contributed by atoms with E-state index in [1.807, 2.05) is 15.6 Å². The molecule has 2 aromatic rings. The number of piperidine rings is 1. The number of likely N-dealkylation sites (tertiary alicyclic amines) is 1. The van der Waals surface area contributed by atoms with E-state index < -0.39 is 0 Å². The Labute approximate surface area is 217 Å². The number of hydrogen-bond donors (Lipinski definition) is 1. The molecule has 1 N–H and O–H groups in total. The highest BCUT2D eigenvalue weighted by Crippen LogP contribution is 2.41. The lowest BCUT2D eigenvalue weighted by atomic mass is 9.97. The second kappa shape index (κ2) is 9.55. The Morgan fingerprint density at radius 1 is 1.14 bits per heavy atom. The normalized spacial score (nSPS) is 26.9. The van der Waals surface area contributed by atoms with Crippen LogP contribution in [0.4, 0.5) is 10.6 Å². The van der Waals surface area contributed by atoms with Crippen molar-refractivity contribution in [3.63, 3.8) is 0 Å². The fraction of sp³-hybridized carbons (Fsp3) is 0.643. The van der Waals surface area contributed by atoms with Crippen LogP contribution in [0.1, 0.15) is 88.8 Å². The lowest BCUT2D eigenvalue weighted by Crippen LogP contribution is -2.50. The largest absolute Gasteiger partial charge is 0.444 e. The van der Waals surface area contributed by atoms with Crippen molar-refractivity contribution in [2.24, 2.45) is 0 Å². The predicted octanol–water partition coefficient (Wildman–Crippen LogP) is 3.90. The minimum atomic E-state index is -0.258. The van der Waals surface area contributed by atoms with Crippen LogP contribution in [0, 0.1) is 11.8 Å². The standard InChI is InChI=1S/C28H36N6O3/c1-4-5-26(35)32-11-10-22(16-32)37-28(36)33-20-8-9-21(33)13-19(12-20)30-25-14-24(18-6-7-18)31-27-23(17(2)3)15-29-34(25)27/h14-15,17-22,30H,6-13,16H2,1-3H3. The quantitative estimate of drug-likeness (QED) is 0.621. The zero-order chi connectivity index (χ0) is 25.7. The third kappa shape index (κ3) is 4.62. The van der Waals surface area contributed by atoms with Crippen molar-refractivity contribution in [1.29, 1.82) is 0 Å². The minimum Gasteiger partial charge on any atom is -0.444 e. The lowest BCUT2D eigenvalue weighted by Gasteiger charge is -2.39. The summed E-state index contributed by atoms with van der Waals surface area (Å²) in [5, 5.41) is 8.47. The van der Waals surface area contributed by atoms with Gasteiger partial charge < -0.3 is 19.9 Å². The molecular weight excluding hydrogens is 468 g/mol. The molecule has 4 aliphatic rings. The van der Waals surface area contributed by atoms with E-state index in [0.29, 0.717) is 31.3 Å². The van der Waals surface area contributed by atoms with Gasteiger partial charge in [0, 0.05) is 54.3 Å². The molecule has 5 heterocycles. The SMILES string of the molecule is CC#CC(=O)N1CCC(OC(=O)N2C3CCC2CC(Nc2cc(C4CC4)nc4c(C(C)C)cnn24)C3)C1. The summed E-state index contributed by atoms with van der Waals surface area (Å²) in [6, 6.07) is 2.77. The number of ether oxygens (including phenoxy) is 1. The molecule has 0 spiro atoms. The first-order chi connectivity index (χ1) is 17.9. The molecular formula is C28H36N6O3. The Bertz CT molecular complexity index is 1260. The summed E-state index contributed by atoms with van der Waals surface area (Å²) in [5.74, 6) is 6.95. The van der Waals surface area contributed by atoms with Gasteiger partial charge in [-0.15, -0.1) is 0 Å². The fourth-order valence-corrected chi connectivity index (χ4v) is 6.30. The molecule has 9 heteroatoms. The molecule has 3 unspecified atom stereocenters. The minimum absolute atomic E-state index is 0.165. The molecule has 9 nitrogen and oxygen atoms in total. The fourth-order valence-electron chi connectivity index (χ4n) is 6.30. The van der Waals surface area contributed by atoms with Crippen molar-refractivity contribution in [3.8, 4) is 11.8 Å². The monoisotopic (exact) mass is 504 g/mol. The first-order valence-corrected chi connectivity index (χ1v) is 13.8. The van der Waals surface area contributed by atoms with E-state index >= 15 is 0 Å². The summed E-state index contributed by atoms with van der Waals surface area (Å²) >= 11 is 0. The second-order valence-corrected chi connectivity index (χ2v) is 11.4. The number of hydrogen-bond acceptors (Lipinski definition) is 6. The molecule has 1 saturated carbocycles. The van der Waals surface area contributed by atoms with Gasteiger partial charge in [-0.25, -0.2) is 9.78 Å². The van der Waals surface area contributed by atoms with Crippen LogP contribution >= 0.6 is 0 Å². The molecule has 4 fully saturated rings. The van der Waals surface area contributed by atoms with E-state index in [0.717, 1.165) is 42.8 Å². The smallest absolute Gasteiger partial charge is 0.410 e. The van der Waals surface area contributed by atoms with Gasteiger partial charge in [0.1, 0.15) is 11.9 Å². The van der Waals surface area contributed by atoms with Gasteiger partial charge in [0.15, 0.2) is 5.65 Å². The molecule has 0 aromatic carbocycles. The summed E-state index contributed by atoms with van der Waals surface area (Å²) in [4.78, 5) is 33.8. The van der Waals surface area contributed by atoms with E-state index in [9.17, 15) is 9.59 Å². The zero-order valence-corrected chi connectivity index (χ0v) is 21.9. The predicted molar refractivity (Wildman–Crippen MR) is 139 cm³/mol. The molecule has 2 aromatic heterocycles. The highest BCUT2D eigenvalue weighted by Gasteiger charge is 2.45. The van der Waals surface area contributed by atoms with Gasteiger partial charge in [-0.2, -0.15) is 9.61 Å². The Morgan fingerprint density at radius 2 is 1.89 bits per heavy atom. The number of aromatic nitrogens is 3. The number of carbonyl (C=O) groups is 2. The third-order valence-electron chi connectivity index (χ3n) is 8.36. The average Bonchev–Trinajstić information content (AvgIpc) is 3.34. The van der Waals surface area contributed by atoms with Crippen molar-refractivity contribution < 1.29 is 14.3 Å². The maximum atomic E-state index is 13.2. The van der Waals surface area contributed by atoms with E-state index in [1.165, 1.54) is 18.4 Å². The number of nitrogens with zero attached hydrogens (tertiary/aromatic N) is 5. The Morgan fingerprint density at radius 3 is 2.57 bits per heavy atom. The lowest BCUT2D eigenvalue weighted by molar-refractivity contribution is -0.124. The molecule has 0 radical (unpaired) electrons. The van der Waals surface area contributed by atoms with Crippen LogP contribution in [0.5, 0.6) is 0 Å². The summed E-state index contributed by atoms with van der Waals surface area (Å²) < 4.78 is 7.84.